The molecule has 1 unspecified atom stereocenters. The van der Waals surface area contributed by atoms with Crippen molar-refractivity contribution in [3.63, 3.8) is 0 Å². The Morgan fingerprint density at radius 1 is 1.36 bits per heavy atom. The Morgan fingerprint density at radius 2 is 2.14 bits per heavy atom. The maximum absolute atomic E-state index is 12.3. The van der Waals surface area contributed by atoms with E-state index in [1.807, 2.05) is 37.4 Å². The number of nitrogens with zero attached hydrogens (tertiary/aromatic N) is 1. The van der Waals surface area contributed by atoms with E-state index in [0.717, 1.165) is 22.6 Å². The average Bonchev–Trinajstić information content (AvgIpc) is 3.19. The summed E-state index contributed by atoms with van der Waals surface area (Å²) >= 11 is 1.32. The van der Waals surface area contributed by atoms with Gasteiger partial charge in [0, 0.05) is 17.4 Å². The van der Waals surface area contributed by atoms with Crippen LogP contribution in [0.5, 0.6) is 5.75 Å². The Balaban J connectivity index is 1.65. The topological polar surface area (TPSA) is 109 Å². The van der Waals surface area contributed by atoms with Crippen LogP contribution in [0.1, 0.15) is 32.3 Å². The summed E-state index contributed by atoms with van der Waals surface area (Å²) < 4.78 is 5.67. The highest BCUT2D eigenvalue weighted by Gasteiger charge is 2.41. The lowest BCUT2D eigenvalue weighted by Gasteiger charge is -2.19. The van der Waals surface area contributed by atoms with E-state index in [0.29, 0.717) is 11.7 Å². The van der Waals surface area contributed by atoms with Crippen LogP contribution >= 0.6 is 11.3 Å². The van der Waals surface area contributed by atoms with Gasteiger partial charge in [-0.05, 0) is 39.3 Å². The van der Waals surface area contributed by atoms with Crippen molar-refractivity contribution in [2.45, 2.75) is 39.2 Å². The number of urea groups is 1. The van der Waals surface area contributed by atoms with Crippen LogP contribution in [0.4, 0.5) is 9.93 Å². The molecule has 0 bridgehead atoms. The molecule has 148 valence electrons. The second-order valence-corrected chi connectivity index (χ2v) is 7.62. The Labute approximate surface area is 166 Å². The number of hydrogen-bond donors (Lipinski definition) is 3. The van der Waals surface area contributed by atoms with E-state index >= 15 is 0 Å². The fourth-order valence-electron chi connectivity index (χ4n) is 2.88. The highest BCUT2D eigenvalue weighted by molar-refractivity contribution is 7.14. The van der Waals surface area contributed by atoms with Crippen molar-refractivity contribution >= 4 is 34.3 Å². The number of amides is 4. The van der Waals surface area contributed by atoms with Gasteiger partial charge < -0.3 is 15.4 Å². The Hall–Kier alpha value is -2.94. The van der Waals surface area contributed by atoms with E-state index in [9.17, 15) is 14.4 Å². The second kappa shape index (κ2) is 7.97. The molecule has 9 heteroatoms. The van der Waals surface area contributed by atoms with Gasteiger partial charge in [-0.15, -0.1) is 11.3 Å². The van der Waals surface area contributed by atoms with Crippen molar-refractivity contribution in [2.75, 3.05) is 11.9 Å². The van der Waals surface area contributed by atoms with E-state index in [-0.39, 0.29) is 18.7 Å². The maximum Gasteiger partial charge on any atom is 0.322 e. The summed E-state index contributed by atoms with van der Waals surface area (Å²) in [5.74, 6) is 0.0438. The number of rotatable bonds is 7. The Kier molecular flexibility index (Phi) is 5.64. The predicted octanol–water partition coefficient (Wildman–Crippen LogP) is 2.83. The summed E-state index contributed by atoms with van der Waals surface area (Å²) in [4.78, 5) is 39.8. The summed E-state index contributed by atoms with van der Waals surface area (Å²) in [6.45, 7) is 6.05. The summed E-state index contributed by atoms with van der Waals surface area (Å²) in [5, 5.41) is 9.80. The standard InChI is InChI=1S/C19H22N4O4S/c1-4-27-14-6-5-11(2)9-12(14)13-10-28-18(20-13)21-15(24)7-8-19(3)16(25)22-17(26)23-19/h5-6,9-10H,4,7-8H2,1-3H3,(H,20,21,24)(H2,22,23,25,26). The van der Waals surface area contributed by atoms with Crippen molar-refractivity contribution in [3.8, 4) is 17.0 Å². The molecule has 0 radical (unpaired) electrons. The molecule has 1 aromatic heterocycles. The average molecular weight is 402 g/mol. The van der Waals surface area contributed by atoms with Gasteiger partial charge in [0.15, 0.2) is 5.13 Å². The van der Waals surface area contributed by atoms with E-state index < -0.39 is 17.5 Å². The molecular formula is C19H22N4O4S. The lowest BCUT2D eigenvalue weighted by atomic mass is 9.96. The van der Waals surface area contributed by atoms with Crippen LogP contribution in [-0.4, -0.2) is 35.0 Å². The van der Waals surface area contributed by atoms with E-state index in [1.165, 1.54) is 11.3 Å². The van der Waals surface area contributed by atoms with E-state index in [1.54, 1.807) is 6.92 Å². The zero-order valence-corrected chi connectivity index (χ0v) is 16.7. The number of imide groups is 1. The number of nitrogens with one attached hydrogen (secondary N) is 3. The summed E-state index contributed by atoms with van der Waals surface area (Å²) in [6.07, 6.45) is 0.273. The largest absolute Gasteiger partial charge is 0.493 e. The first-order chi connectivity index (χ1) is 13.3. The predicted molar refractivity (Wildman–Crippen MR) is 106 cm³/mol. The van der Waals surface area contributed by atoms with Crippen LogP contribution in [0.3, 0.4) is 0 Å². The third kappa shape index (κ3) is 4.30. The van der Waals surface area contributed by atoms with Crippen molar-refractivity contribution in [1.82, 2.24) is 15.6 Å². The third-order valence-corrected chi connectivity index (χ3v) is 5.19. The number of carbonyl (C=O) groups is 3. The number of benzene rings is 1. The summed E-state index contributed by atoms with van der Waals surface area (Å²) in [6, 6.07) is 5.34. The normalized spacial score (nSPS) is 18.5. The van der Waals surface area contributed by atoms with Gasteiger partial charge in [-0.3, -0.25) is 14.9 Å². The van der Waals surface area contributed by atoms with Crippen molar-refractivity contribution < 1.29 is 19.1 Å². The van der Waals surface area contributed by atoms with Crippen LogP contribution in [0.15, 0.2) is 23.6 Å². The quantitative estimate of drug-likeness (QED) is 0.617. The van der Waals surface area contributed by atoms with Crippen LogP contribution in [0.25, 0.3) is 11.3 Å². The number of carbonyl (C=O) groups excluding carboxylic acids is 3. The second-order valence-electron chi connectivity index (χ2n) is 6.76. The number of aromatic nitrogens is 1. The van der Waals surface area contributed by atoms with Gasteiger partial charge in [-0.2, -0.15) is 0 Å². The Bertz CT molecular complexity index is 926. The maximum atomic E-state index is 12.3. The molecule has 1 saturated heterocycles. The van der Waals surface area contributed by atoms with Gasteiger partial charge in [0.25, 0.3) is 5.91 Å². The highest BCUT2D eigenvalue weighted by atomic mass is 32.1. The Morgan fingerprint density at radius 3 is 2.82 bits per heavy atom. The lowest BCUT2D eigenvalue weighted by molar-refractivity contribution is -0.124. The smallest absolute Gasteiger partial charge is 0.322 e. The fraction of sp³-hybridized carbons (Fsp3) is 0.368. The van der Waals surface area contributed by atoms with Gasteiger partial charge in [-0.1, -0.05) is 11.6 Å². The number of ether oxygens (including phenoxy) is 1. The van der Waals surface area contributed by atoms with Gasteiger partial charge in [-0.25, -0.2) is 9.78 Å². The SMILES string of the molecule is CCOc1ccc(C)cc1-c1csc(NC(=O)CCC2(C)NC(=O)NC2=O)n1. The number of hydrogen-bond acceptors (Lipinski definition) is 6. The molecule has 1 fully saturated rings. The minimum atomic E-state index is -1.07. The molecule has 0 aliphatic carbocycles. The van der Waals surface area contributed by atoms with Crippen molar-refractivity contribution in [1.29, 1.82) is 0 Å². The van der Waals surface area contributed by atoms with Crippen molar-refractivity contribution in [2.24, 2.45) is 0 Å². The van der Waals surface area contributed by atoms with Crippen LogP contribution in [-0.2, 0) is 9.59 Å². The monoisotopic (exact) mass is 402 g/mol. The van der Waals surface area contributed by atoms with Gasteiger partial charge in [0.05, 0.1) is 12.3 Å². The van der Waals surface area contributed by atoms with Crippen LogP contribution in [0, 0.1) is 6.92 Å². The first-order valence-corrected chi connectivity index (χ1v) is 9.81. The molecule has 1 aliphatic heterocycles. The molecule has 2 aromatic rings. The molecule has 1 aliphatic rings. The van der Waals surface area contributed by atoms with E-state index in [4.69, 9.17) is 4.74 Å². The van der Waals surface area contributed by atoms with Gasteiger partial charge >= 0.3 is 6.03 Å². The lowest BCUT2D eigenvalue weighted by Crippen LogP contribution is -2.44. The van der Waals surface area contributed by atoms with Gasteiger partial charge in [0.1, 0.15) is 11.3 Å². The highest BCUT2D eigenvalue weighted by Crippen LogP contribution is 2.33. The minimum Gasteiger partial charge on any atom is -0.493 e. The van der Waals surface area contributed by atoms with Gasteiger partial charge in [0.2, 0.25) is 5.91 Å². The van der Waals surface area contributed by atoms with Crippen LogP contribution in [0.2, 0.25) is 0 Å². The molecule has 4 amide bonds. The minimum absolute atomic E-state index is 0.0771. The zero-order valence-electron chi connectivity index (χ0n) is 15.9. The molecule has 3 rings (SSSR count). The number of aryl methyl sites for hydroxylation is 1. The third-order valence-electron chi connectivity index (χ3n) is 4.43. The number of anilines is 1. The first-order valence-electron chi connectivity index (χ1n) is 8.93. The number of thiazole rings is 1. The molecule has 1 aromatic carbocycles. The molecule has 1 atom stereocenters. The van der Waals surface area contributed by atoms with Crippen LogP contribution < -0.4 is 20.7 Å². The van der Waals surface area contributed by atoms with Crippen molar-refractivity contribution in [3.05, 3.63) is 29.1 Å². The molecule has 3 N–H and O–H groups in total. The molecular weight excluding hydrogens is 380 g/mol. The molecule has 8 nitrogen and oxygen atoms in total. The zero-order chi connectivity index (χ0) is 20.3. The first kappa shape index (κ1) is 19.8. The molecule has 2 heterocycles. The molecule has 28 heavy (non-hydrogen) atoms. The summed E-state index contributed by atoms with van der Waals surface area (Å²) in [7, 11) is 0. The summed E-state index contributed by atoms with van der Waals surface area (Å²) in [5.41, 5.74) is 1.61. The molecule has 0 saturated carbocycles. The fourth-order valence-corrected chi connectivity index (χ4v) is 3.61. The molecule has 0 spiro atoms. The van der Waals surface area contributed by atoms with E-state index in [2.05, 4.69) is 20.9 Å².